The summed E-state index contributed by atoms with van der Waals surface area (Å²) in [5, 5.41) is 3.51. The van der Waals surface area contributed by atoms with Crippen molar-refractivity contribution in [3.8, 4) is 0 Å². The maximum Gasteiger partial charge on any atom is 0.194 e. The van der Waals surface area contributed by atoms with Gasteiger partial charge in [0.1, 0.15) is 0 Å². The Morgan fingerprint density at radius 1 is 1.08 bits per heavy atom. The fraction of sp³-hybridized carbons (Fsp3) is 0.667. The number of benzene rings is 1. The first-order valence-corrected chi connectivity index (χ1v) is 10.4. The highest BCUT2D eigenvalue weighted by atomic mass is 15.3. The zero-order chi connectivity index (χ0) is 18.2. The minimum atomic E-state index is 0.723. The average Bonchev–Trinajstić information content (AvgIpc) is 3.14. The van der Waals surface area contributed by atoms with Crippen molar-refractivity contribution in [3.63, 3.8) is 0 Å². The van der Waals surface area contributed by atoms with Crippen LogP contribution in [0.15, 0.2) is 35.3 Å². The molecule has 0 amide bonds. The molecule has 144 valence electrons. The van der Waals surface area contributed by atoms with E-state index in [1.54, 1.807) is 0 Å². The number of hydrogen-bond donors (Lipinski definition) is 1. The molecule has 0 aromatic heterocycles. The SMILES string of the molecule is CCCN1CCC(CN=C(NCC)N2CCN(c3ccccc3)CC2)C1. The summed E-state index contributed by atoms with van der Waals surface area (Å²) in [6.45, 7) is 14.2. The average molecular weight is 358 g/mol. The summed E-state index contributed by atoms with van der Waals surface area (Å²) in [7, 11) is 0. The first kappa shape index (κ1) is 19.0. The maximum atomic E-state index is 5.00. The minimum absolute atomic E-state index is 0.723. The van der Waals surface area contributed by atoms with Crippen molar-refractivity contribution in [1.29, 1.82) is 0 Å². The van der Waals surface area contributed by atoms with Crippen LogP contribution in [-0.4, -0.2) is 74.7 Å². The second kappa shape index (κ2) is 9.81. The summed E-state index contributed by atoms with van der Waals surface area (Å²) >= 11 is 0. The Hall–Kier alpha value is -1.75. The molecule has 1 N–H and O–H groups in total. The van der Waals surface area contributed by atoms with E-state index in [0.717, 1.165) is 51.1 Å². The Morgan fingerprint density at radius 3 is 2.54 bits per heavy atom. The molecule has 0 aliphatic carbocycles. The standard InChI is InChI=1S/C21H35N5/c1-3-11-24-12-10-19(18-24)17-23-21(22-4-2)26-15-13-25(14-16-26)20-8-6-5-7-9-20/h5-9,19H,3-4,10-18H2,1-2H3,(H,22,23). The molecule has 0 spiro atoms. The lowest BCUT2D eigenvalue weighted by Crippen LogP contribution is -2.52. The number of nitrogens with zero attached hydrogens (tertiary/aromatic N) is 4. The van der Waals surface area contributed by atoms with Crippen molar-refractivity contribution in [1.82, 2.24) is 15.1 Å². The van der Waals surface area contributed by atoms with Crippen LogP contribution < -0.4 is 10.2 Å². The van der Waals surface area contributed by atoms with Gasteiger partial charge in [-0.1, -0.05) is 25.1 Å². The van der Waals surface area contributed by atoms with Gasteiger partial charge in [-0.15, -0.1) is 0 Å². The van der Waals surface area contributed by atoms with Gasteiger partial charge in [0, 0.05) is 51.5 Å². The van der Waals surface area contributed by atoms with E-state index < -0.39 is 0 Å². The first-order valence-electron chi connectivity index (χ1n) is 10.4. The highest BCUT2D eigenvalue weighted by Gasteiger charge is 2.23. The van der Waals surface area contributed by atoms with Crippen LogP contribution in [0.2, 0.25) is 0 Å². The number of guanidine groups is 1. The third-order valence-electron chi connectivity index (χ3n) is 5.44. The third-order valence-corrected chi connectivity index (χ3v) is 5.44. The van der Waals surface area contributed by atoms with Crippen molar-refractivity contribution in [2.45, 2.75) is 26.7 Å². The summed E-state index contributed by atoms with van der Waals surface area (Å²) in [6, 6.07) is 10.7. The van der Waals surface area contributed by atoms with Crippen LogP contribution in [-0.2, 0) is 0 Å². The van der Waals surface area contributed by atoms with Gasteiger partial charge in [0.15, 0.2) is 5.96 Å². The number of hydrogen-bond acceptors (Lipinski definition) is 3. The Morgan fingerprint density at radius 2 is 1.85 bits per heavy atom. The van der Waals surface area contributed by atoms with Crippen LogP contribution >= 0.6 is 0 Å². The van der Waals surface area contributed by atoms with Crippen LogP contribution in [0.1, 0.15) is 26.7 Å². The maximum absolute atomic E-state index is 5.00. The number of nitrogens with one attached hydrogen (secondary N) is 1. The van der Waals surface area contributed by atoms with Gasteiger partial charge in [0.05, 0.1) is 0 Å². The number of para-hydroxylation sites is 1. The highest BCUT2D eigenvalue weighted by molar-refractivity contribution is 5.80. The molecule has 5 heteroatoms. The van der Waals surface area contributed by atoms with E-state index in [2.05, 4.69) is 64.2 Å². The molecular weight excluding hydrogens is 322 g/mol. The normalized spacial score (nSPS) is 22.1. The monoisotopic (exact) mass is 357 g/mol. The van der Waals surface area contributed by atoms with Crippen molar-refractivity contribution >= 4 is 11.6 Å². The lowest BCUT2D eigenvalue weighted by molar-refractivity contribution is 0.325. The van der Waals surface area contributed by atoms with Crippen molar-refractivity contribution in [2.75, 3.05) is 63.8 Å². The predicted octanol–water partition coefficient (Wildman–Crippen LogP) is 2.51. The number of piperazine rings is 1. The van der Waals surface area contributed by atoms with Crippen molar-refractivity contribution < 1.29 is 0 Å². The zero-order valence-electron chi connectivity index (χ0n) is 16.5. The molecule has 1 aromatic carbocycles. The van der Waals surface area contributed by atoms with Crippen molar-refractivity contribution in [2.24, 2.45) is 10.9 Å². The zero-order valence-corrected chi connectivity index (χ0v) is 16.5. The summed E-state index contributed by atoms with van der Waals surface area (Å²) < 4.78 is 0. The minimum Gasteiger partial charge on any atom is -0.368 e. The van der Waals surface area contributed by atoms with Gasteiger partial charge in [-0.25, -0.2) is 0 Å². The molecule has 26 heavy (non-hydrogen) atoms. The molecule has 2 aliphatic heterocycles. The van der Waals surface area contributed by atoms with E-state index in [9.17, 15) is 0 Å². The van der Waals surface area contributed by atoms with Gasteiger partial charge < -0.3 is 20.0 Å². The quantitative estimate of drug-likeness (QED) is 0.627. The smallest absolute Gasteiger partial charge is 0.194 e. The summed E-state index contributed by atoms with van der Waals surface area (Å²) in [6.07, 6.45) is 2.55. The second-order valence-corrected chi connectivity index (χ2v) is 7.46. The molecule has 2 heterocycles. The molecule has 5 nitrogen and oxygen atoms in total. The lowest BCUT2D eigenvalue weighted by atomic mass is 10.1. The van der Waals surface area contributed by atoms with Crippen LogP contribution in [0.4, 0.5) is 5.69 Å². The highest BCUT2D eigenvalue weighted by Crippen LogP contribution is 2.18. The van der Waals surface area contributed by atoms with E-state index in [1.165, 1.54) is 38.2 Å². The topological polar surface area (TPSA) is 34.1 Å². The molecule has 0 saturated carbocycles. The van der Waals surface area contributed by atoms with Crippen molar-refractivity contribution in [3.05, 3.63) is 30.3 Å². The fourth-order valence-electron chi connectivity index (χ4n) is 4.04. The number of rotatable bonds is 6. The van der Waals surface area contributed by atoms with Crippen LogP contribution in [0, 0.1) is 5.92 Å². The molecule has 2 fully saturated rings. The second-order valence-electron chi connectivity index (χ2n) is 7.46. The lowest BCUT2D eigenvalue weighted by Gasteiger charge is -2.37. The van der Waals surface area contributed by atoms with Gasteiger partial charge in [-0.05, 0) is 50.9 Å². The molecule has 0 bridgehead atoms. The molecule has 1 unspecified atom stereocenters. The van der Waals surface area contributed by atoms with Gasteiger partial charge >= 0.3 is 0 Å². The van der Waals surface area contributed by atoms with E-state index in [-0.39, 0.29) is 0 Å². The number of aliphatic imine (C=N–C) groups is 1. The van der Waals surface area contributed by atoms with Gasteiger partial charge in [-0.2, -0.15) is 0 Å². The molecule has 3 rings (SSSR count). The first-order chi connectivity index (χ1) is 12.8. The van der Waals surface area contributed by atoms with E-state index in [4.69, 9.17) is 4.99 Å². The Labute approximate surface area is 159 Å². The van der Waals surface area contributed by atoms with Gasteiger partial charge in [0.2, 0.25) is 0 Å². The van der Waals surface area contributed by atoms with Crippen LogP contribution in [0.5, 0.6) is 0 Å². The Bertz CT molecular complexity index is 551. The number of anilines is 1. The van der Waals surface area contributed by atoms with Gasteiger partial charge in [-0.3, -0.25) is 4.99 Å². The molecular formula is C21H35N5. The summed E-state index contributed by atoms with van der Waals surface area (Å²) in [4.78, 5) is 12.5. The Kier molecular flexibility index (Phi) is 7.18. The van der Waals surface area contributed by atoms with E-state index in [0.29, 0.717) is 0 Å². The molecule has 2 saturated heterocycles. The van der Waals surface area contributed by atoms with Gasteiger partial charge in [0.25, 0.3) is 0 Å². The molecule has 0 radical (unpaired) electrons. The van der Waals surface area contributed by atoms with E-state index >= 15 is 0 Å². The predicted molar refractivity (Wildman–Crippen MR) is 111 cm³/mol. The van der Waals surface area contributed by atoms with E-state index in [1.807, 2.05) is 0 Å². The summed E-state index contributed by atoms with van der Waals surface area (Å²) in [5.41, 5.74) is 1.33. The number of likely N-dealkylation sites (tertiary alicyclic amines) is 1. The molecule has 1 atom stereocenters. The van der Waals surface area contributed by atoms with Crippen LogP contribution in [0.25, 0.3) is 0 Å². The third kappa shape index (κ3) is 5.13. The van der Waals surface area contributed by atoms with Crippen LogP contribution in [0.3, 0.4) is 0 Å². The Balaban J connectivity index is 1.52. The molecule has 1 aromatic rings. The molecule has 2 aliphatic rings. The largest absolute Gasteiger partial charge is 0.368 e. The fourth-order valence-corrected chi connectivity index (χ4v) is 4.04. The summed E-state index contributed by atoms with van der Waals surface area (Å²) in [5.74, 6) is 1.83.